The van der Waals surface area contributed by atoms with Gasteiger partial charge in [-0.3, -0.25) is 19.8 Å². The van der Waals surface area contributed by atoms with Crippen LogP contribution in [-0.2, 0) is 9.59 Å². The van der Waals surface area contributed by atoms with E-state index in [2.05, 4.69) is 5.32 Å². The van der Waals surface area contributed by atoms with E-state index in [0.717, 1.165) is 6.42 Å². The Labute approximate surface area is 134 Å². The largest absolute Gasteiger partial charge is 0.490 e. The summed E-state index contributed by atoms with van der Waals surface area (Å²) in [6.07, 6.45) is 2.44. The molecular weight excluding hydrogens is 300 g/mol. The first-order valence-electron chi connectivity index (χ1n) is 7.04. The van der Waals surface area contributed by atoms with Gasteiger partial charge in [0, 0.05) is 12.6 Å². The molecule has 1 N–H and O–H groups in total. The maximum atomic E-state index is 12.2. The van der Waals surface area contributed by atoms with Crippen LogP contribution in [0.5, 0.6) is 5.75 Å². The van der Waals surface area contributed by atoms with Crippen LogP contribution in [0.2, 0.25) is 0 Å². The molecule has 1 atom stereocenters. The number of benzene rings is 1. The zero-order valence-electron chi connectivity index (χ0n) is 12.8. The monoisotopic (exact) mass is 318 g/mol. The molecule has 2 rings (SSSR count). The number of carbonyl (C=O) groups excluding carboxylic acids is 2. The highest BCUT2D eigenvalue weighted by Gasteiger charge is 2.30. The quantitative estimate of drug-likeness (QED) is 0.525. The number of hydrogen-bond acceptors (Lipinski definition) is 4. The molecule has 116 valence electrons. The number of ether oxygens (including phenoxy) is 1. The first-order valence-corrected chi connectivity index (χ1v) is 7.45. The lowest BCUT2D eigenvalue weighted by molar-refractivity contribution is -0.128. The van der Waals surface area contributed by atoms with Gasteiger partial charge in [0.1, 0.15) is 11.3 Å². The van der Waals surface area contributed by atoms with Gasteiger partial charge >= 0.3 is 0 Å². The Kier molecular flexibility index (Phi) is 4.92. The predicted molar refractivity (Wildman–Crippen MR) is 88.3 cm³/mol. The Morgan fingerprint density at radius 2 is 2.05 bits per heavy atom. The minimum Gasteiger partial charge on any atom is -0.490 e. The molecule has 1 aromatic rings. The number of nitrogens with zero attached hydrogens (tertiary/aromatic N) is 1. The van der Waals surface area contributed by atoms with E-state index < -0.39 is 11.8 Å². The van der Waals surface area contributed by atoms with E-state index in [1.54, 1.807) is 6.07 Å². The summed E-state index contributed by atoms with van der Waals surface area (Å²) >= 11 is 4.92. The second-order valence-electron chi connectivity index (χ2n) is 5.06. The van der Waals surface area contributed by atoms with Crippen molar-refractivity contribution >= 4 is 35.2 Å². The summed E-state index contributed by atoms with van der Waals surface area (Å²) in [5.41, 5.74) is 0.721. The Morgan fingerprint density at radius 3 is 2.73 bits per heavy atom. The van der Waals surface area contributed by atoms with E-state index in [1.165, 1.54) is 18.0 Å². The molecule has 0 radical (unpaired) electrons. The van der Waals surface area contributed by atoms with E-state index in [1.807, 2.05) is 32.0 Å². The van der Waals surface area contributed by atoms with Crippen LogP contribution in [0, 0.1) is 0 Å². The number of para-hydroxylation sites is 1. The first-order chi connectivity index (χ1) is 10.4. The smallest absolute Gasteiger partial charge is 0.265 e. The fourth-order valence-corrected chi connectivity index (χ4v) is 2.08. The van der Waals surface area contributed by atoms with Crippen molar-refractivity contribution in [3.05, 3.63) is 35.4 Å². The number of amides is 2. The molecule has 1 heterocycles. The van der Waals surface area contributed by atoms with E-state index in [4.69, 9.17) is 17.0 Å². The van der Waals surface area contributed by atoms with E-state index in [0.29, 0.717) is 11.3 Å². The summed E-state index contributed by atoms with van der Waals surface area (Å²) in [6, 6.07) is 7.30. The first kappa shape index (κ1) is 16.2. The van der Waals surface area contributed by atoms with Crippen molar-refractivity contribution in [3.63, 3.8) is 0 Å². The second kappa shape index (κ2) is 6.70. The molecule has 0 bridgehead atoms. The zero-order valence-corrected chi connectivity index (χ0v) is 13.6. The molecule has 1 aliphatic heterocycles. The Morgan fingerprint density at radius 1 is 1.36 bits per heavy atom. The lowest BCUT2D eigenvalue weighted by Gasteiger charge is -2.25. The van der Waals surface area contributed by atoms with Crippen molar-refractivity contribution in [3.8, 4) is 5.75 Å². The molecule has 1 aliphatic rings. The molecule has 2 amide bonds. The van der Waals surface area contributed by atoms with Gasteiger partial charge < -0.3 is 4.74 Å². The average Bonchev–Trinajstić information content (AvgIpc) is 2.50. The molecule has 0 spiro atoms. The lowest BCUT2D eigenvalue weighted by Crippen LogP contribution is -2.52. The molecule has 5 nitrogen and oxygen atoms in total. The van der Waals surface area contributed by atoms with Crippen LogP contribution < -0.4 is 10.1 Å². The Hall–Kier alpha value is -2.21. The Balaban J connectivity index is 2.38. The van der Waals surface area contributed by atoms with Gasteiger partial charge in [-0.25, -0.2) is 0 Å². The lowest BCUT2D eigenvalue weighted by atomic mass is 10.1. The zero-order chi connectivity index (χ0) is 16.3. The summed E-state index contributed by atoms with van der Waals surface area (Å²) < 4.78 is 5.83. The Bertz CT molecular complexity index is 655. The summed E-state index contributed by atoms with van der Waals surface area (Å²) in [5, 5.41) is 2.60. The highest BCUT2D eigenvalue weighted by Crippen LogP contribution is 2.24. The highest BCUT2D eigenvalue weighted by molar-refractivity contribution is 7.80. The molecular formula is C16H18N2O3S. The van der Waals surface area contributed by atoms with E-state index >= 15 is 0 Å². The van der Waals surface area contributed by atoms with Crippen LogP contribution in [0.1, 0.15) is 25.8 Å². The van der Waals surface area contributed by atoms with Crippen molar-refractivity contribution in [2.75, 3.05) is 7.05 Å². The topological polar surface area (TPSA) is 58.6 Å². The maximum Gasteiger partial charge on any atom is 0.265 e. The third kappa shape index (κ3) is 3.33. The molecule has 6 heteroatoms. The standard InChI is InChI=1S/C16H18N2O3S/c1-4-10(2)21-13-8-6-5-7-11(13)9-12-14(19)17-16(22)18(3)15(12)20/h5-10H,4H2,1-3H3,(H,17,19,22). The maximum absolute atomic E-state index is 12.2. The van der Waals surface area contributed by atoms with Crippen molar-refractivity contribution in [2.24, 2.45) is 0 Å². The summed E-state index contributed by atoms with van der Waals surface area (Å²) in [6.45, 7) is 3.99. The van der Waals surface area contributed by atoms with Gasteiger partial charge in [0.2, 0.25) is 0 Å². The van der Waals surface area contributed by atoms with E-state index in [9.17, 15) is 9.59 Å². The number of rotatable bonds is 4. The molecule has 1 fully saturated rings. The van der Waals surface area contributed by atoms with Gasteiger partial charge in [-0.1, -0.05) is 25.1 Å². The summed E-state index contributed by atoms with van der Waals surface area (Å²) in [7, 11) is 1.53. The van der Waals surface area contributed by atoms with Crippen molar-refractivity contribution in [2.45, 2.75) is 26.4 Å². The van der Waals surface area contributed by atoms with Crippen LogP contribution in [0.3, 0.4) is 0 Å². The average molecular weight is 318 g/mol. The molecule has 1 unspecified atom stereocenters. The summed E-state index contributed by atoms with van der Waals surface area (Å²) in [5.74, 6) is -0.278. The molecule has 0 saturated carbocycles. The van der Waals surface area contributed by atoms with Gasteiger partial charge in [-0.05, 0) is 37.7 Å². The normalized spacial score (nSPS) is 18.4. The number of carbonyl (C=O) groups is 2. The highest BCUT2D eigenvalue weighted by atomic mass is 32.1. The van der Waals surface area contributed by atoms with Crippen molar-refractivity contribution in [1.82, 2.24) is 10.2 Å². The van der Waals surface area contributed by atoms with Crippen LogP contribution in [-0.4, -0.2) is 35.0 Å². The third-order valence-corrected chi connectivity index (χ3v) is 3.80. The minimum absolute atomic E-state index is 0.0382. The molecule has 22 heavy (non-hydrogen) atoms. The van der Waals surface area contributed by atoms with Gasteiger partial charge in [0.15, 0.2) is 5.11 Å². The molecule has 0 aromatic heterocycles. The number of thiocarbonyl (C=S) groups is 1. The predicted octanol–water partition coefficient (Wildman–Crippen LogP) is 2.12. The van der Waals surface area contributed by atoms with Gasteiger partial charge in [0.25, 0.3) is 11.8 Å². The fraction of sp³-hybridized carbons (Fsp3) is 0.312. The number of hydrogen-bond donors (Lipinski definition) is 1. The fourth-order valence-electron chi connectivity index (χ4n) is 1.91. The van der Waals surface area contributed by atoms with E-state index in [-0.39, 0.29) is 16.8 Å². The van der Waals surface area contributed by atoms with Gasteiger partial charge in [0.05, 0.1) is 6.10 Å². The molecule has 0 aliphatic carbocycles. The van der Waals surface area contributed by atoms with Gasteiger partial charge in [-0.15, -0.1) is 0 Å². The molecule has 1 aromatic carbocycles. The SMILES string of the molecule is CCC(C)Oc1ccccc1C=C1C(=O)NC(=S)N(C)C1=O. The van der Waals surface area contributed by atoms with Crippen molar-refractivity contribution in [1.29, 1.82) is 0 Å². The number of nitrogens with one attached hydrogen (secondary N) is 1. The van der Waals surface area contributed by atoms with Crippen LogP contribution in [0.25, 0.3) is 6.08 Å². The minimum atomic E-state index is -0.494. The van der Waals surface area contributed by atoms with Crippen LogP contribution in [0.15, 0.2) is 29.8 Å². The second-order valence-corrected chi connectivity index (χ2v) is 5.44. The molecule has 1 saturated heterocycles. The summed E-state index contributed by atoms with van der Waals surface area (Å²) in [4.78, 5) is 25.4. The third-order valence-electron chi connectivity index (χ3n) is 3.43. The number of likely N-dealkylation sites (N-methyl/N-ethyl adjacent to an activating group) is 1. The van der Waals surface area contributed by atoms with Crippen LogP contribution >= 0.6 is 12.2 Å². The van der Waals surface area contributed by atoms with Crippen molar-refractivity contribution < 1.29 is 14.3 Å². The van der Waals surface area contributed by atoms with Gasteiger partial charge in [-0.2, -0.15) is 0 Å². The van der Waals surface area contributed by atoms with Crippen LogP contribution in [0.4, 0.5) is 0 Å².